The second-order valence-electron chi connectivity index (χ2n) is 4.47. The van der Waals surface area contributed by atoms with Gasteiger partial charge >= 0.3 is 0 Å². The van der Waals surface area contributed by atoms with Gasteiger partial charge in [-0.25, -0.2) is 0 Å². The van der Waals surface area contributed by atoms with Crippen molar-refractivity contribution in [2.75, 3.05) is 14.2 Å². The van der Waals surface area contributed by atoms with E-state index in [-0.39, 0.29) is 4.92 Å². The van der Waals surface area contributed by atoms with Crippen molar-refractivity contribution in [3.8, 4) is 11.5 Å². The minimum absolute atomic E-state index is 0.219. The van der Waals surface area contributed by atoms with E-state index in [0.29, 0.717) is 24.3 Å². The van der Waals surface area contributed by atoms with Crippen molar-refractivity contribution in [3.63, 3.8) is 0 Å². The van der Waals surface area contributed by atoms with Crippen molar-refractivity contribution in [3.05, 3.63) is 33.9 Å². The van der Waals surface area contributed by atoms with Gasteiger partial charge in [0.15, 0.2) is 11.5 Å². The predicted molar refractivity (Wildman–Crippen MR) is 68.9 cm³/mol. The number of nitrogens with zero attached hydrogens (tertiary/aromatic N) is 1. The Kier molecular flexibility index (Phi) is 4.53. The van der Waals surface area contributed by atoms with Crippen LogP contribution in [0.2, 0.25) is 0 Å². The Bertz CT molecular complexity index is 433. The highest BCUT2D eigenvalue weighted by Crippen LogP contribution is 2.30. The van der Waals surface area contributed by atoms with Crippen LogP contribution in [0.1, 0.15) is 25.8 Å². The van der Waals surface area contributed by atoms with E-state index in [2.05, 4.69) is 0 Å². The summed E-state index contributed by atoms with van der Waals surface area (Å²) < 4.78 is 10.3. The molecule has 0 amide bonds. The first-order valence-electron chi connectivity index (χ1n) is 5.82. The molecule has 1 atom stereocenters. The van der Waals surface area contributed by atoms with Gasteiger partial charge in [0.05, 0.1) is 14.2 Å². The van der Waals surface area contributed by atoms with E-state index < -0.39 is 5.54 Å². The lowest BCUT2D eigenvalue weighted by molar-refractivity contribution is -0.565. The third-order valence-corrected chi connectivity index (χ3v) is 3.24. The lowest BCUT2D eigenvalue weighted by Gasteiger charge is -2.19. The average molecular weight is 253 g/mol. The second-order valence-corrected chi connectivity index (χ2v) is 4.47. The maximum Gasteiger partial charge on any atom is 0.223 e. The third-order valence-electron chi connectivity index (χ3n) is 3.24. The Balaban J connectivity index is 3.01. The van der Waals surface area contributed by atoms with Gasteiger partial charge in [-0.2, -0.15) is 0 Å². The highest BCUT2D eigenvalue weighted by molar-refractivity contribution is 5.43. The summed E-state index contributed by atoms with van der Waals surface area (Å²) in [5.41, 5.74) is -0.0757. The summed E-state index contributed by atoms with van der Waals surface area (Å²) in [6.45, 7) is 3.48. The van der Waals surface area contributed by atoms with Crippen LogP contribution in [0.15, 0.2) is 18.2 Å². The summed E-state index contributed by atoms with van der Waals surface area (Å²) in [6.07, 6.45) is 0.852. The van der Waals surface area contributed by atoms with Crippen LogP contribution in [0.3, 0.4) is 0 Å². The van der Waals surface area contributed by atoms with Crippen molar-refractivity contribution in [1.82, 2.24) is 0 Å². The number of hydrogen-bond donors (Lipinski definition) is 0. The number of nitro groups is 1. The molecule has 0 N–H and O–H groups in total. The first-order chi connectivity index (χ1) is 8.46. The molecule has 0 saturated carbocycles. The minimum atomic E-state index is -0.945. The fourth-order valence-corrected chi connectivity index (χ4v) is 1.75. The van der Waals surface area contributed by atoms with Gasteiger partial charge in [0.2, 0.25) is 5.54 Å². The van der Waals surface area contributed by atoms with Gasteiger partial charge in [-0.3, -0.25) is 10.1 Å². The molecule has 0 aromatic heterocycles. The van der Waals surface area contributed by atoms with Gasteiger partial charge < -0.3 is 9.47 Å². The van der Waals surface area contributed by atoms with Crippen molar-refractivity contribution < 1.29 is 14.4 Å². The molecule has 0 radical (unpaired) electrons. The first kappa shape index (κ1) is 14.3. The first-order valence-corrected chi connectivity index (χ1v) is 5.82. The normalized spacial score (nSPS) is 13.8. The van der Waals surface area contributed by atoms with E-state index in [9.17, 15) is 10.1 Å². The largest absolute Gasteiger partial charge is 0.493 e. The lowest BCUT2D eigenvalue weighted by atomic mass is 9.91. The fraction of sp³-hybridized carbons (Fsp3) is 0.538. The molecule has 0 aliphatic carbocycles. The topological polar surface area (TPSA) is 61.6 Å². The molecule has 0 spiro atoms. The monoisotopic (exact) mass is 253 g/mol. The molecule has 100 valence electrons. The molecule has 5 nitrogen and oxygen atoms in total. The van der Waals surface area contributed by atoms with Crippen molar-refractivity contribution >= 4 is 0 Å². The molecule has 0 fully saturated rings. The molecule has 5 heteroatoms. The quantitative estimate of drug-likeness (QED) is 0.577. The Hall–Kier alpha value is -1.78. The van der Waals surface area contributed by atoms with Crippen LogP contribution in [-0.2, 0) is 6.42 Å². The fourth-order valence-electron chi connectivity index (χ4n) is 1.75. The van der Waals surface area contributed by atoms with Crippen LogP contribution in [0, 0.1) is 10.1 Å². The van der Waals surface area contributed by atoms with Gasteiger partial charge in [0, 0.05) is 24.7 Å². The zero-order valence-corrected chi connectivity index (χ0v) is 11.2. The summed E-state index contributed by atoms with van der Waals surface area (Å²) >= 11 is 0. The number of hydrogen-bond acceptors (Lipinski definition) is 4. The summed E-state index contributed by atoms with van der Waals surface area (Å²) in [4.78, 5) is 10.9. The molecule has 0 heterocycles. The van der Waals surface area contributed by atoms with Crippen LogP contribution >= 0.6 is 0 Å². The zero-order valence-electron chi connectivity index (χ0n) is 11.2. The SMILES string of the molecule is CC[C@](C)(Cc1ccc(OC)c(OC)c1)[N+](=O)[O-]. The van der Waals surface area contributed by atoms with Crippen molar-refractivity contribution in [2.45, 2.75) is 32.2 Å². The van der Waals surface area contributed by atoms with E-state index in [1.165, 1.54) is 0 Å². The van der Waals surface area contributed by atoms with Gasteiger partial charge in [-0.05, 0) is 17.7 Å². The number of rotatable bonds is 6. The lowest BCUT2D eigenvalue weighted by Crippen LogP contribution is -2.36. The summed E-state index contributed by atoms with van der Waals surface area (Å²) in [5.74, 6) is 1.22. The highest BCUT2D eigenvalue weighted by Gasteiger charge is 2.35. The van der Waals surface area contributed by atoms with E-state index in [1.54, 1.807) is 33.3 Å². The van der Waals surface area contributed by atoms with Gasteiger partial charge in [-0.15, -0.1) is 0 Å². The van der Waals surface area contributed by atoms with Crippen LogP contribution in [-0.4, -0.2) is 24.7 Å². The van der Waals surface area contributed by atoms with Gasteiger partial charge in [0.25, 0.3) is 0 Å². The third kappa shape index (κ3) is 2.91. The predicted octanol–water partition coefficient (Wildman–Crippen LogP) is 2.69. The highest BCUT2D eigenvalue weighted by atomic mass is 16.6. The Morgan fingerprint density at radius 3 is 2.33 bits per heavy atom. The minimum Gasteiger partial charge on any atom is -0.493 e. The van der Waals surface area contributed by atoms with E-state index in [1.807, 2.05) is 13.0 Å². The molecule has 0 saturated heterocycles. The number of methoxy groups -OCH3 is 2. The van der Waals surface area contributed by atoms with Crippen molar-refractivity contribution in [1.29, 1.82) is 0 Å². The van der Waals surface area contributed by atoms with Crippen LogP contribution in [0.5, 0.6) is 11.5 Å². The standard InChI is InChI=1S/C13H19NO4/c1-5-13(2,14(15)16)9-10-6-7-11(17-3)12(8-10)18-4/h6-8H,5,9H2,1-4H3/t13-/m1/s1. The molecule has 1 aromatic rings. The van der Waals surface area contributed by atoms with E-state index in [0.717, 1.165) is 5.56 Å². The Morgan fingerprint density at radius 1 is 1.28 bits per heavy atom. The van der Waals surface area contributed by atoms with Gasteiger partial charge in [0.1, 0.15) is 0 Å². The van der Waals surface area contributed by atoms with Crippen LogP contribution in [0.25, 0.3) is 0 Å². The molecule has 18 heavy (non-hydrogen) atoms. The van der Waals surface area contributed by atoms with Crippen molar-refractivity contribution in [2.24, 2.45) is 0 Å². The molecular formula is C13H19NO4. The number of ether oxygens (including phenoxy) is 2. The molecule has 0 unspecified atom stereocenters. The molecule has 0 bridgehead atoms. The molecule has 1 aromatic carbocycles. The molecule has 1 rings (SSSR count). The second kappa shape index (κ2) is 5.71. The zero-order chi connectivity index (χ0) is 13.8. The van der Waals surface area contributed by atoms with Crippen LogP contribution in [0.4, 0.5) is 0 Å². The van der Waals surface area contributed by atoms with E-state index in [4.69, 9.17) is 9.47 Å². The molecule has 0 aliphatic rings. The summed E-state index contributed by atoms with van der Waals surface area (Å²) in [5, 5.41) is 11.1. The molecular weight excluding hydrogens is 234 g/mol. The maximum absolute atomic E-state index is 11.1. The number of benzene rings is 1. The smallest absolute Gasteiger partial charge is 0.223 e. The van der Waals surface area contributed by atoms with Crippen LogP contribution < -0.4 is 9.47 Å². The Morgan fingerprint density at radius 2 is 1.89 bits per heavy atom. The maximum atomic E-state index is 11.1. The molecule has 0 aliphatic heterocycles. The Labute approximate surface area is 107 Å². The van der Waals surface area contributed by atoms with E-state index >= 15 is 0 Å². The summed E-state index contributed by atoms with van der Waals surface area (Å²) in [6, 6.07) is 5.39. The summed E-state index contributed by atoms with van der Waals surface area (Å²) in [7, 11) is 3.11. The average Bonchev–Trinajstić information content (AvgIpc) is 2.38. The van der Waals surface area contributed by atoms with Gasteiger partial charge in [-0.1, -0.05) is 13.0 Å².